The summed E-state index contributed by atoms with van der Waals surface area (Å²) >= 11 is 0. The molecule has 0 radical (unpaired) electrons. The second kappa shape index (κ2) is 9.02. The molecule has 2 aromatic carbocycles. The van der Waals surface area contributed by atoms with E-state index >= 15 is 0 Å². The Bertz CT molecular complexity index is 955. The van der Waals surface area contributed by atoms with Gasteiger partial charge in [-0.3, -0.25) is 14.4 Å². The third kappa shape index (κ3) is 4.54. The van der Waals surface area contributed by atoms with Crippen LogP contribution in [0.1, 0.15) is 37.0 Å². The molecule has 2 aliphatic heterocycles. The number of hydrogen-bond acceptors (Lipinski definition) is 4. The van der Waals surface area contributed by atoms with E-state index < -0.39 is 12.1 Å². The van der Waals surface area contributed by atoms with Gasteiger partial charge in [0.15, 0.2) is 5.78 Å². The van der Waals surface area contributed by atoms with Gasteiger partial charge < -0.3 is 15.0 Å². The number of carbonyl (C=O) groups is 3. The number of nitrogens with zero attached hydrogens (tertiary/aromatic N) is 1. The van der Waals surface area contributed by atoms with Crippen LogP contribution in [0.25, 0.3) is 11.1 Å². The van der Waals surface area contributed by atoms with Gasteiger partial charge in [-0.05, 0) is 42.0 Å². The zero-order valence-electron chi connectivity index (χ0n) is 17.9. The van der Waals surface area contributed by atoms with Gasteiger partial charge in [0.2, 0.25) is 5.91 Å². The summed E-state index contributed by atoms with van der Waals surface area (Å²) in [6, 6.07) is 16.1. The topological polar surface area (TPSA) is 75.7 Å². The van der Waals surface area contributed by atoms with E-state index in [4.69, 9.17) is 4.74 Å². The lowest BCUT2D eigenvalue weighted by atomic mass is 10.0. The van der Waals surface area contributed by atoms with E-state index in [9.17, 15) is 14.4 Å². The minimum Gasteiger partial charge on any atom is -0.368 e. The fraction of sp³-hybridized carbons (Fsp3) is 0.400. The van der Waals surface area contributed by atoms with Crippen molar-refractivity contribution in [2.75, 3.05) is 13.2 Å². The highest BCUT2D eigenvalue weighted by molar-refractivity contribution is 5.99. The molecule has 6 heteroatoms. The van der Waals surface area contributed by atoms with Gasteiger partial charge in [-0.15, -0.1) is 0 Å². The number of benzene rings is 2. The van der Waals surface area contributed by atoms with Crippen LogP contribution < -0.4 is 5.32 Å². The first-order valence-electron chi connectivity index (χ1n) is 10.8. The van der Waals surface area contributed by atoms with Gasteiger partial charge in [0, 0.05) is 12.1 Å². The lowest BCUT2D eigenvalue weighted by molar-refractivity contribution is -0.138. The Morgan fingerprint density at radius 1 is 1.06 bits per heavy atom. The number of carbonyl (C=O) groups excluding carboxylic acids is 3. The highest BCUT2D eigenvalue weighted by Gasteiger charge is 2.48. The number of likely N-dealkylation sites (tertiary alicyclic amines) is 1. The van der Waals surface area contributed by atoms with Crippen LogP contribution in [0, 0.1) is 5.92 Å². The zero-order valence-corrected chi connectivity index (χ0v) is 17.9. The summed E-state index contributed by atoms with van der Waals surface area (Å²) in [5, 5.41) is 2.91. The van der Waals surface area contributed by atoms with E-state index in [0.717, 1.165) is 11.1 Å². The quantitative estimate of drug-likeness (QED) is 0.779. The molecule has 0 spiro atoms. The molecule has 2 aromatic rings. The van der Waals surface area contributed by atoms with Crippen molar-refractivity contribution in [1.82, 2.24) is 10.2 Å². The maximum Gasteiger partial charge on any atom is 0.251 e. The lowest BCUT2D eigenvalue weighted by Crippen LogP contribution is -2.52. The van der Waals surface area contributed by atoms with Crippen molar-refractivity contribution < 1.29 is 19.1 Å². The highest BCUT2D eigenvalue weighted by atomic mass is 16.5. The van der Waals surface area contributed by atoms with E-state index in [1.54, 1.807) is 17.0 Å². The fourth-order valence-corrected chi connectivity index (χ4v) is 4.42. The van der Waals surface area contributed by atoms with Gasteiger partial charge in [-0.2, -0.15) is 0 Å². The van der Waals surface area contributed by atoms with Gasteiger partial charge in [-0.25, -0.2) is 0 Å². The summed E-state index contributed by atoms with van der Waals surface area (Å²) in [6.07, 6.45) is 0.957. The highest BCUT2D eigenvalue weighted by Crippen LogP contribution is 2.28. The summed E-state index contributed by atoms with van der Waals surface area (Å²) in [7, 11) is 0. The van der Waals surface area contributed by atoms with Crippen LogP contribution in [0.5, 0.6) is 0 Å². The fourth-order valence-electron chi connectivity index (χ4n) is 4.42. The van der Waals surface area contributed by atoms with Crippen LogP contribution in [0.3, 0.4) is 0 Å². The van der Waals surface area contributed by atoms with Gasteiger partial charge in [-0.1, -0.05) is 56.3 Å². The summed E-state index contributed by atoms with van der Waals surface area (Å²) in [5.74, 6) is -0.330. The first-order valence-corrected chi connectivity index (χ1v) is 10.8. The van der Waals surface area contributed by atoms with Gasteiger partial charge >= 0.3 is 0 Å². The molecular formula is C25H28N2O4. The molecule has 0 bridgehead atoms. The summed E-state index contributed by atoms with van der Waals surface area (Å²) < 4.78 is 5.50. The Morgan fingerprint density at radius 2 is 1.74 bits per heavy atom. The molecule has 1 N–H and O–H groups in total. The molecule has 162 valence electrons. The van der Waals surface area contributed by atoms with E-state index in [2.05, 4.69) is 5.32 Å². The molecule has 0 saturated carbocycles. The number of nitrogens with one attached hydrogen (secondary N) is 1. The number of ether oxygens (including phenoxy) is 1. The van der Waals surface area contributed by atoms with Crippen molar-refractivity contribution in [1.29, 1.82) is 0 Å². The average Bonchev–Trinajstić information content (AvgIpc) is 3.36. The standard InChI is InChI=1S/C25H28N2O4/c1-16(2)14-20(25(30)27-13-12-22-23(27)21(28)15-31-22)26-24(29)19-10-8-18(9-11-19)17-6-4-3-5-7-17/h3-11,16,20,22-23H,12-15H2,1-2H3,(H,26,29)/t20-,22+,23+/m0/s1. The second-order valence-corrected chi connectivity index (χ2v) is 8.68. The van der Waals surface area contributed by atoms with Crippen molar-refractivity contribution in [3.05, 3.63) is 60.2 Å². The normalized spacial score (nSPS) is 21.3. The third-order valence-corrected chi connectivity index (χ3v) is 5.96. The molecule has 6 nitrogen and oxygen atoms in total. The Kier molecular flexibility index (Phi) is 6.18. The molecule has 3 atom stereocenters. The van der Waals surface area contributed by atoms with Crippen molar-refractivity contribution in [3.63, 3.8) is 0 Å². The molecule has 0 unspecified atom stereocenters. The predicted molar refractivity (Wildman–Crippen MR) is 117 cm³/mol. The molecule has 2 fully saturated rings. The van der Waals surface area contributed by atoms with E-state index in [0.29, 0.717) is 24.9 Å². The van der Waals surface area contributed by atoms with Gasteiger partial charge in [0.1, 0.15) is 18.7 Å². The summed E-state index contributed by atoms with van der Waals surface area (Å²) in [6.45, 7) is 4.57. The van der Waals surface area contributed by atoms with E-state index in [-0.39, 0.29) is 36.2 Å². The van der Waals surface area contributed by atoms with Crippen molar-refractivity contribution in [2.45, 2.75) is 44.9 Å². The molecule has 31 heavy (non-hydrogen) atoms. The number of Topliss-reactive ketones (excluding diaryl/α,β-unsaturated/α-hetero) is 1. The van der Waals surface area contributed by atoms with E-state index in [1.165, 1.54) is 0 Å². The van der Waals surface area contributed by atoms with Crippen molar-refractivity contribution >= 4 is 17.6 Å². The molecule has 0 aromatic heterocycles. The minimum atomic E-state index is -0.673. The monoisotopic (exact) mass is 420 g/mol. The molecule has 2 saturated heterocycles. The predicted octanol–water partition coefficient (Wildman–Crippen LogP) is 3.07. The number of amides is 2. The number of fused-ring (bicyclic) bond motifs is 1. The Hall–Kier alpha value is -2.99. The summed E-state index contributed by atoms with van der Waals surface area (Å²) in [5.41, 5.74) is 2.60. The van der Waals surface area contributed by atoms with Gasteiger partial charge in [0.05, 0.1) is 6.10 Å². The van der Waals surface area contributed by atoms with Crippen molar-refractivity contribution in [3.8, 4) is 11.1 Å². The largest absolute Gasteiger partial charge is 0.368 e. The number of ketones is 1. The molecule has 0 aliphatic carbocycles. The van der Waals surface area contributed by atoms with E-state index in [1.807, 2.05) is 56.3 Å². The summed E-state index contributed by atoms with van der Waals surface area (Å²) in [4.78, 5) is 40.0. The lowest BCUT2D eigenvalue weighted by Gasteiger charge is -2.28. The van der Waals surface area contributed by atoms with Crippen LogP contribution in [0.15, 0.2) is 54.6 Å². The van der Waals surface area contributed by atoms with Crippen LogP contribution >= 0.6 is 0 Å². The molecule has 2 heterocycles. The molecule has 4 rings (SSSR count). The Labute approximate surface area is 182 Å². The number of rotatable bonds is 6. The second-order valence-electron chi connectivity index (χ2n) is 8.68. The van der Waals surface area contributed by atoms with Crippen LogP contribution in [0.4, 0.5) is 0 Å². The Morgan fingerprint density at radius 3 is 2.42 bits per heavy atom. The molecule has 2 amide bonds. The van der Waals surface area contributed by atoms with Crippen molar-refractivity contribution in [2.24, 2.45) is 5.92 Å². The maximum atomic E-state index is 13.3. The SMILES string of the molecule is CC(C)C[C@H](NC(=O)c1ccc(-c2ccccc2)cc1)C(=O)N1CC[C@H]2OCC(=O)[C@H]21. The van der Waals surface area contributed by atoms with Gasteiger partial charge in [0.25, 0.3) is 5.91 Å². The first-order chi connectivity index (χ1) is 14.9. The van der Waals surface area contributed by atoms with Crippen LogP contribution in [-0.4, -0.2) is 53.8 Å². The zero-order chi connectivity index (χ0) is 22.0. The average molecular weight is 421 g/mol. The third-order valence-electron chi connectivity index (χ3n) is 5.96. The molecule has 2 aliphatic rings. The van der Waals surface area contributed by atoms with Crippen LogP contribution in [-0.2, 0) is 14.3 Å². The number of hydrogen-bond donors (Lipinski definition) is 1. The van der Waals surface area contributed by atoms with Crippen LogP contribution in [0.2, 0.25) is 0 Å². The maximum absolute atomic E-state index is 13.3. The Balaban J connectivity index is 1.48. The first kappa shape index (κ1) is 21.2. The minimum absolute atomic E-state index is 0.0537. The smallest absolute Gasteiger partial charge is 0.251 e. The molecular weight excluding hydrogens is 392 g/mol.